The number of nitrogens with zero attached hydrogens (tertiary/aromatic N) is 1. The summed E-state index contributed by atoms with van der Waals surface area (Å²) in [6.45, 7) is 3.10. The predicted molar refractivity (Wildman–Crippen MR) is 63.1 cm³/mol. The van der Waals surface area contributed by atoms with E-state index in [0.717, 1.165) is 6.54 Å². The topological polar surface area (TPSA) is 38.5 Å². The molecule has 0 heterocycles. The molecule has 0 radical (unpaired) electrons. The minimum atomic E-state index is -0.308. The lowest BCUT2D eigenvalue weighted by Gasteiger charge is -2.12. The Morgan fingerprint density at radius 1 is 1.44 bits per heavy atom. The Morgan fingerprint density at radius 3 is 2.62 bits per heavy atom. The molecule has 2 N–H and O–H groups in total. The second kappa shape index (κ2) is 5.82. The fourth-order valence-electron chi connectivity index (χ4n) is 1.31. The molecule has 1 aromatic carbocycles. The predicted octanol–water partition coefficient (Wildman–Crippen LogP) is 1.79. The Kier molecular flexibility index (Phi) is 4.71. The van der Waals surface area contributed by atoms with Gasteiger partial charge < -0.3 is 15.4 Å². The van der Waals surface area contributed by atoms with Gasteiger partial charge in [0.05, 0.1) is 0 Å². The second-order valence-electron chi connectivity index (χ2n) is 4.12. The van der Waals surface area contributed by atoms with Crippen LogP contribution in [0.25, 0.3) is 0 Å². The maximum Gasteiger partial charge on any atom is 0.131 e. The van der Waals surface area contributed by atoms with Crippen LogP contribution in [0.1, 0.15) is 18.5 Å². The molecule has 90 valence electrons. The van der Waals surface area contributed by atoms with E-state index in [0.29, 0.717) is 17.9 Å². The number of rotatable bonds is 5. The first-order valence-corrected chi connectivity index (χ1v) is 5.33. The fourth-order valence-corrected chi connectivity index (χ4v) is 1.31. The van der Waals surface area contributed by atoms with Crippen LogP contribution in [-0.2, 0) is 0 Å². The van der Waals surface area contributed by atoms with Crippen LogP contribution in [-0.4, -0.2) is 32.1 Å². The molecule has 1 aromatic rings. The van der Waals surface area contributed by atoms with Gasteiger partial charge in [-0.2, -0.15) is 0 Å². The molecule has 0 aliphatic carbocycles. The van der Waals surface area contributed by atoms with Gasteiger partial charge in [0.15, 0.2) is 0 Å². The van der Waals surface area contributed by atoms with E-state index in [-0.39, 0.29) is 11.9 Å². The smallest absolute Gasteiger partial charge is 0.131 e. The number of likely N-dealkylation sites (N-methyl/N-ethyl adjacent to an activating group) is 1. The lowest BCUT2D eigenvalue weighted by Crippen LogP contribution is -2.19. The average molecular weight is 226 g/mol. The summed E-state index contributed by atoms with van der Waals surface area (Å²) in [7, 11) is 3.92. The Balaban J connectivity index is 2.59. The third-order valence-corrected chi connectivity index (χ3v) is 2.27. The van der Waals surface area contributed by atoms with Crippen LogP contribution in [0.4, 0.5) is 4.39 Å². The van der Waals surface area contributed by atoms with Crippen molar-refractivity contribution in [1.82, 2.24) is 4.90 Å². The van der Waals surface area contributed by atoms with Gasteiger partial charge >= 0.3 is 0 Å². The SMILES string of the molecule is C[C@@H](N)c1ccc(OCCN(C)C)cc1F. The molecule has 0 aliphatic rings. The molecular formula is C12H19FN2O. The van der Waals surface area contributed by atoms with Gasteiger partial charge in [0, 0.05) is 24.2 Å². The summed E-state index contributed by atoms with van der Waals surface area (Å²) in [5.74, 6) is 0.237. The van der Waals surface area contributed by atoms with Crippen LogP contribution < -0.4 is 10.5 Å². The molecule has 0 aromatic heterocycles. The Bertz CT molecular complexity index is 340. The van der Waals surface area contributed by atoms with E-state index in [1.165, 1.54) is 6.07 Å². The Morgan fingerprint density at radius 2 is 2.12 bits per heavy atom. The van der Waals surface area contributed by atoms with Gasteiger partial charge in [-0.15, -0.1) is 0 Å². The molecular weight excluding hydrogens is 207 g/mol. The van der Waals surface area contributed by atoms with Crippen molar-refractivity contribution in [3.63, 3.8) is 0 Å². The van der Waals surface area contributed by atoms with Crippen LogP contribution in [0, 0.1) is 5.82 Å². The summed E-state index contributed by atoms with van der Waals surface area (Å²) in [4.78, 5) is 2.01. The van der Waals surface area contributed by atoms with E-state index in [1.807, 2.05) is 19.0 Å². The number of benzene rings is 1. The molecule has 0 amide bonds. The van der Waals surface area contributed by atoms with Gasteiger partial charge in [-0.1, -0.05) is 6.07 Å². The molecule has 16 heavy (non-hydrogen) atoms. The summed E-state index contributed by atoms with van der Waals surface area (Å²) in [6, 6.07) is 4.51. The molecule has 0 saturated heterocycles. The molecule has 0 saturated carbocycles. The van der Waals surface area contributed by atoms with E-state index in [4.69, 9.17) is 10.5 Å². The number of halogens is 1. The van der Waals surface area contributed by atoms with E-state index in [1.54, 1.807) is 19.1 Å². The summed E-state index contributed by atoms with van der Waals surface area (Å²) < 4.78 is 18.9. The standard InChI is InChI=1S/C12H19FN2O/c1-9(14)11-5-4-10(8-12(11)13)16-7-6-15(2)3/h4-5,8-9H,6-7,14H2,1-3H3/t9-/m1/s1. The lowest BCUT2D eigenvalue weighted by molar-refractivity contribution is 0.260. The van der Waals surface area contributed by atoms with E-state index in [9.17, 15) is 4.39 Å². The van der Waals surface area contributed by atoms with Crippen molar-refractivity contribution in [2.24, 2.45) is 5.73 Å². The number of hydrogen-bond acceptors (Lipinski definition) is 3. The van der Waals surface area contributed by atoms with Gasteiger partial charge in [-0.25, -0.2) is 4.39 Å². The zero-order chi connectivity index (χ0) is 12.1. The highest BCUT2D eigenvalue weighted by Gasteiger charge is 2.07. The molecule has 0 fully saturated rings. The van der Waals surface area contributed by atoms with Gasteiger partial charge in [0.2, 0.25) is 0 Å². The maximum absolute atomic E-state index is 13.5. The van der Waals surface area contributed by atoms with Crippen molar-refractivity contribution < 1.29 is 9.13 Å². The van der Waals surface area contributed by atoms with Gasteiger partial charge in [-0.3, -0.25) is 0 Å². The summed E-state index contributed by atoms with van der Waals surface area (Å²) in [5.41, 5.74) is 6.13. The first-order chi connectivity index (χ1) is 7.50. The largest absolute Gasteiger partial charge is 0.492 e. The van der Waals surface area contributed by atoms with Crippen molar-refractivity contribution in [3.05, 3.63) is 29.6 Å². The van der Waals surface area contributed by atoms with E-state index >= 15 is 0 Å². The van der Waals surface area contributed by atoms with Gasteiger partial charge in [-0.05, 0) is 27.1 Å². The fraction of sp³-hybridized carbons (Fsp3) is 0.500. The zero-order valence-electron chi connectivity index (χ0n) is 10.0. The highest BCUT2D eigenvalue weighted by atomic mass is 19.1. The minimum Gasteiger partial charge on any atom is -0.492 e. The van der Waals surface area contributed by atoms with E-state index in [2.05, 4.69) is 0 Å². The van der Waals surface area contributed by atoms with Crippen LogP contribution in [0.15, 0.2) is 18.2 Å². The molecule has 3 nitrogen and oxygen atoms in total. The Labute approximate surface area is 96.0 Å². The normalized spacial score (nSPS) is 12.9. The molecule has 1 atom stereocenters. The summed E-state index contributed by atoms with van der Waals surface area (Å²) in [5, 5.41) is 0. The van der Waals surface area contributed by atoms with Crippen molar-refractivity contribution >= 4 is 0 Å². The third kappa shape index (κ3) is 3.79. The van der Waals surface area contributed by atoms with Crippen molar-refractivity contribution in [2.45, 2.75) is 13.0 Å². The van der Waals surface area contributed by atoms with Crippen LogP contribution >= 0.6 is 0 Å². The van der Waals surface area contributed by atoms with Crippen LogP contribution in [0.2, 0.25) is 0 Å². The highest BCUT2D eigenvalue weighted by molar-refractivity contribution is 5.30. The van der Waals surface area contributed by atoms with Gasteiger partial charge in [0.1, 0.15) is 18.2 Å². The highest BCUT2D eigenvalue weighted by Crippen LogP contribution is 2.20. The maximum atomic E-state index is 13.5. The number of nitrogens with two attached hydrogens (primary N) is 1. The Hall–Kier alpha value is -1.13. The summed E-state index contributed by atoms with van der Waals surface area (Å²) in [6.07, 6.45) is 0. The quantitative estimate of drug-likeness (QED) is 0.831. The zero-order valence-corrected chi connectivity index (χ0v) is 10.0. The lowest BCUT2D eigenvalue weighted by atomic mass is 10.1. The minimum absolute atomic E-state index is 0.296. The van der Waals surface area contributed by atoms with Crippen LogP contribution in [0.3, 0.4) is 0 Å². The third-order valence-electron chi connectivity index (χ3n) is 2.27. The second-order valence-corrected chi connectivity index (χ2v) is 4.12. The summed E-state index contributed by atoms with van der Waals surface area (Å²) >= 11 is 0. The first-order valence-electron chi connectivity index (χ1n) is 5.33. The van der Waals surface area contributed by atoms with Gasteiger partial charge in [0.25, 0.3) is 0 Å². The number of ether oxygens (including phenoxy) is 1. The van der Waals surface area contributed by atoms with Crippen molar-refractivity contribution in [1.29, 1.82) is 0 Å². The molecule has 1 rings (SSSR count). The molecule has 0 spiro atoms. The van der Waals surface area contributed by atoms with Crippen molar-refractivity contribution in [2.75, 3.05) is 27.2 Å². The monoisotopic (exact) mass is 226 g/mol. The molecule has 4 heteroatoms. The number of hydrogen-bond donors (Lipinski definition) is 1. The molecule has 0 aliphatic heterocycles. The molecule has 0 bridgehead atoms. The van der Waals surface area contributed by atoms with E-state index < -0.39 is 0 Å². The first kappa shape index (κ1) is 12.9. The molecule has 0 unspecified atom stereocenters. The van der Waals surface area contributed by atoms with Crippen molar-refractivity contribution in [3.8, 4) is 5.75 Å². The van der Waals surface area contributed by atoms with Crippen LogP contribution in [0.5, 0.6) is 5.75 Å². The average Bonchev–Trinajstić information content (AvgIpc) is 2.16.